The van der Waals surface area contributed by atoms with Crippen molar-refractivity contribution < 1.29 is 14.1 Å². The molecule has 5 rings (SSSR count). The van der Waals surface area contributed by atoms with Gasteiger partial charge in [-0.05, 0) is 43.2 Å². The highest BCUT2D eigenvalue weighted by Gasteiger charge is 2.55. The van der Waals surface area contributed by atoms with Gasteiger partial charge in [0.15, 0.2) is 5.82 Å². The predicted octanol–water partition coefficient (Wildman–Crippen LogP) is 1.30. The molecule has 1 atom stereocenters. The quantitative estimate of drug-likeness (QED) is 0.804. The molecule has 1 saturated heterocycles. The van der Waals surface area contributed by atoms with E-state index in [0.29, 0.717) is 12.2 Å². The maximum absolute atomic E-state index is 13.1. The molecule has 1 unspecified atom stereocenters. The van der Waals surface area contributed by atoms with Gasteiger partial charge in [0.1, 0.15) is 12.1 Å². The topological polar surface area (TPSA) is 114 Å². The van der Waals surface area contributed by atoms with Crippen LogP contribution in [0.25, 0.3) is 0 Å². The Morgan fingerprint density at radius 2 is 2.04 bits per heavy atom. The van der Waals surface area contributed by atoms with Crippen LogP contribution >= 0.6 is 0 Å². The minimum Gasteiger partial charge on any atom is -0.337 e. The van der Waals surface area contributed by atoms with Crippen LogP contribution in [0.15, 0.2) is 28.8 Å². The van der Waals surface area contributed by atoms with Crippen LogP contribution in [0, 0.1) is 0 Å². The van der Waals surface area contributed by atoms with Gasteiger partial charge in [-0.2, -0.15) is 4.98 Å². The first kappa shape index (κ1) is 15.5. The highest BCUT2D eigenvalue weighted by atomic mass is 16.5. The summed E-state index contributed by atoms with van der Waals surface area (Å²) in [6.45, 7) is -0.0440. The summed E-state index contributed by atoms with van der Waals surface area (Å²) >= 11 is 0. The van der Waals surface area contributed by atoms with Crippen molar-refractivity contribution in [3.63, 3.8) is 0 Å². The minimum atomic E-state index is -0.973. The minimum absolute atomic E-state index is 0.0440. The number of carbonyl (C=O) groups excluding carboxylic acids is 2. The molecule has 134 valence electrons. The molecule has 0 radical (unpaired) electrons. The molecule has 2 fully saturated rings. The molecule has 26 heavy (non-hydrogen) atoms. The summed E-state index contributed by atoms with van der Waals surface area (Å²) in [4.78, 5) is 31.1. The lowest BCUT2D eigenvalue weighted by molar-refractivity contribution is -0.132. The monoisotopic (exact) mass is 353 g/mol. The third-order valence-corrected chi connectivity index (χ3v) is 5.87. The van der Waals surface area contributed by atoms with Crippen LogP contribution < -0.4 is 11.1 Å². The molecule has 8 heteroatoms. The number of nitrogens with two attached hydrogens (primary N) is 1. The fourth-order valence-electron chi connectivity index (χ4n) is 4.17. The summed E-state index contributed by atoms with van der Waals surface area (Å²) < 4.78 is 5.25. The van der Waals surface area contributed by atoms with Gasteiger partial charge in [0.05, 0.1) is 5.54 Å². The third-order valence-electron chi connectivity index (χ3n) is 5.87. The Balaban J connectivity index is 1.41. The molecule has 3 N–H and O–H groups in total. The van der Waals surface area contributed by atoms with Gasteiger partial charge in [-0.1, -0.05) is 29.4 Å². The number of rotatable bonds is 3. The molecule has 3 aliphatic rings. The number of amides is 3. The van der Waals surface area contributed by atoms with E-state index in [2.05, 4.69) is 15.5 Å². The molecule has 1 aliphatic heterocycles. The van der Waals surface area contributed by atoms with E-state index in [0.717, 1.165) is 41.7 Å². The number of nitrogens with one attached hydrogen (secondary N) is 1. The highest BCUT2D eigenvalue weighted by molar-refractivity contribution is 6.07. The lowest BCUT2D eigenvalue weighted by Gasteiger charge is -2.34. The number of aryl methyl sites for hydroxylation is 1. The maximum Gasteiger partial charge on any atom is 0.325 e. The van der Waals surface area contributed by atoms with Crippen molar-refractivity contribution in [2.45, 2.75) is 49.7 Å². The second-order valence-electron chi connectivity index (χ2n) is 7.41. The van der Waals surface area contributed by atoms with Crippen LogP contribution in [0.2, 0.25) is 0 Å². The van der Waals surface area contributed by atoms with Gasteiger partial charge in [-0.3, -0.25) is 9.69 Å². The van der Waals surface area contributed by atoms with E-state index in [1.165, 1.54) is 0 Å². The fourth-order valence-corrected chi connectivity index (χ4v) is 4.17. The fraction of sp³-hybridized carbons (Fsp3) is 0.444. The molecular formula is C18H19N5O3. The summed E-state index contributed by atoms with van der Waals surface area (Å²) in [5, 5.41) is 6.83. The van der Waals surface area contributed by atoms with Crippen molar-refractivity contribution in [2.24, 2.45) is 5.73 Å². The second-order valence-corrected chi connectivity index (χ2v) is 7.41. The Kier molecular flexibility index (Phi) is 3.06. The summed E-state index contributed by atoms with van der Waals surface area (Å²) in [5.41, 5.74) is 6.67. The van der Waals surface area contributed by atoms with E-state index in [4.69, 9.17) is 10.3 Å². The van der Waals surface area contributed by atoms with E-state index in [-0.39, 0.29) is 18.3 Å². The average molecular weight is 353 g/mol. The van der Waals surface area contributed by atoms with Crippen molar-refractivity contribution in [3.05, 3.63) is 47.1 Å². The third kappa shape index (κ3) is 1.99. The number of urea groups is 1. The molecule has 1 aromatic heterocycles. The Hall–Kier alpha value is -2.74. The number of hydrogen-bond acceptors (Lipinski definition) is 6. The number of carbonyl (C=O) groups is 2. The second kappa shape index (κ2) is 5.14. The number of aromatic nitrogens is 2. The number of fused-ring (bicyclic) bond motifs is 2. The zero-order valence-corrected chi connectivity index (χ0v) is 14.2. The van der Waals surface area contributed by atoms with E-state index in [1.807, 2.05) is 24.3 Å². The number of imide groups is 1. The standard InChI is InChI=1S/C18H19N5O3/c19-17(7-3-8-17)14-20-13(26-22-14)10-23-15(24)18(21-16(23)25)9-6-11-4-1-2-5-12(11)18/h1-2,4-5H,3,6-10,19H2,(H,21,25). The van der Waals surface area contributed by atoms with Gasteiger partial charge in [-0.15, -0.1) is 0 Å². The van der Waals surface area contributed by atoms with Crippen LogP contribution in [-0.2, 0) is 28.8 Å². The van der Waals surface area contributed by atoms with Crippen LogP contribution in [0.3, 0.4) is 0 Å². The molecule has 1 aromatic carbocycles. The van der Waals surface area contributed by atoms with Crippen molar-refractivity contribution in [1.29, 1.82) is 0 Å². The first-order valence-electron chi connectivity index (χ1n) is 8.86. The SMILES string of the molecule is NC1(c2noc(CN3C(=O)NC4(CCc5ccccc54)C3=O)n2)CCC1. The van der Waals surface area contributed by atoms with Gasteiger partial charge >= 0.3 is 6.03 Å². The van der Waals surface area contributed by atoms with Gasteiger partial charge in [0.2, 0.25) is 5.89 Å². The highest BCUT2D eigenvalue weighted by Crippen LogP contribution is 2.42. The average Bonchev–Trinajstić information content (AvgIpc) is 3.28. The Labute approximate surface area is 149 Å². The lowest BCUT2D eigenvalue weighted by Crippen LogP contribution is -2.44. The van der Waals surface area contributed by atoms with Crippen LogP contribution in [0.5, 0.6) is 0 Å². The first-order chi connectivity index (χ1) is 12.5. The van der Waals surface area contributed by atoms with Crippen LogP contribution in [-0.4, -0.2) is 27.0 Å². The summed E-state index contributed by atoms with van der Waals surface area (Å²) in [6, 6.07) is 7.30. The van der Waals surface area contributed by atoms with Crippen molar-refractivity contribution in [3.8, 4) is 0 Å². The molecule has 2 aromatic rings. The summed E-state index contributed by atoms with van der Waals surface area (Å²) in [7, 11) is 0. The summed E-state index contributed by atoms with van der Waals surface area (Å²) in [5.74, 6) is 0.411. The van der Waals surface area contributed by atoms with Gasteiger partial charge in [-0.25, -0.2) is 4.79 Å². The molecule has 2 heterocycles. The van der Waals surface area contributed by atoms with Crippen molar-refractivity contribution in [1.82, 2.24) is 20.4 Å². The lowest BCUT2D eigenvalue weighted by atomic mass is 9.77. The zero-order chi connectivity index (χ0) is 17.9. The number of hydrogen-bond donors (Lipinski definition) is 2. The smallest absolute Gasteiger partial charge is 0.325 e. The summed E-state index contributed by atoms with van der Waals surface area (Å²) in [6.07, 6.45) is 3.99. The van der Waals surface area contributed by atoms with Crippen LogP contribution in [0.1, 0.15) is 48.5 Å². The van der Waals surface area contributed by atoms with Crippen LogP contribution in [0.4, 0.5) is 4.79 Å². The molecular weight excluding hydrogens is 334 g/mol. The van der Waals surface area contributed by atoms with Crippen molar-refractivity contribution in [2.75, 3.05) is 0 Å². The van der Waals surface area contributed by atoms with E-state index in [9.17, 15) is 9.59 Å². The van der Waals surface area contributed by atoms with Gasteiger partial charge < -0.3 is 15.6 Å². The molecule has 2 aliphatic carbocycles. The van der Waals surface area contributed by atoms with Gasteiger partial charge in [0, 0.05) is 0 Å². The molecule has 8 nitrogen and oxygen atoms in total. The molecule has 3 amide bonds. The van der Waals surface area contributed by atoms with E-state index < -0.39 is 17.1 Å². The van der Waals surface area contributed by atoms with Crippen molar-refractivity contribution >= 4 is 11.9 Å². The Morgan fingerprint density at radius 1 is 1.23 bits per heavy atom. The predicted molar refractivity (Wildman–Crippen MR) is 89.5 cm³/mol. The number of nitrogens with zero attached hydrogens (tertiary/aromatic N) is 3. The normalized spacial score (nSPS) is 26.1. The van der Waals surface area contributed by atoms with Gasteiger partial charge in [0.25, 0.3) is 5.91 Å². The first-order valence-corrected chi connectivity index (χ1v) is 8.86. The Morgan fingerprint density at radius 3 is 2.81 bits per heavy atom. The molecule has 0 bridgehead atoms. The zero-order valence-electron chi connectivity index (χ0n) is 14.2. The van der Waals surface area contributed by atoms with E-state index >= 15 is 0 Å². The Bertz CT molecular complexity index is 919. The maximum atomic E-state index is 13.1. The molecule has 1 saturated carbocycles. The van der Waals surface area contributed by atoms with E-state index in [1.54, 1.807) is 0 Å². The largest absolute Gasteiger partial charge is 0.337 e. The number of benzene rings is 1. The molecule has 1 spiro atoms.